The summed E-state index contributed by atoms with van der Waals surface area (Å²) in [6.07, 6.45) is 34.3. The Hall–Kier alpha value is -2.54. The Morgan fingerprint density at radius 2 is 1.00 bits per heavy atom. The van der Waals surface area contributed by atoms with Gasteiger partial charge < -0.3 is 36.1 Å². The highest BCUT2D eigenvalue weighted by Crippen LogP contribution is 2.16. The number of carboxylic acid groups (broad SMARTS) is 2. The van der Waals surface area contributed by atoms with E-state index in [1.165, 1.54) is 153 Å². The molecule has 0 saturated carbocycles. The Bertz CT molecular complexity index is 1050. The highest BCUT2D eigenvalue weighted by atomic mass is 32.2. The number of thioether (sulfide) groups is 1. The molecule has 0 aliphatic heterocycles. The molecule has 0 aromatic rings. The number of nitrogens with one attached hydrogen (secondary N) is 2. The van der Waals surface area contributed by atoms with E-state index in [9.17, 15) is 29.1 Å². The minimum atomic E-state index is -1.38. The van der Waals surface area contributed by atoms with Gasteiger partial charge in [0, 0.05) is 30.9 Å². The molecule has 0 radical (unpaired) electrons. The first-order valence-corrected chi connectivity index (χ1v) is 24.9. The fourth-order valence-electron chi connectivity index (χ4n) is 6.94. The molecular weight excluding hydrogens is 771 g/mol. The number of carboxylic acids is 2. The van der Waals surface area contributed by atoms with Gasteiger partial charge in [-0.2, -0.15) is 11.8 Å². The average Bonchev–Trinajstić information content (AvgIpc) is 3.20. The molecule has 6 N–H and O–H groups in total. The molecule has 0 rings (SSSR count). The van der Waals surface area contributed by atoms with Gasteiger partial charge in [0.25, 0.3) is 0 Å². The van der Waals surface area contributed by atoms with Crippen LogP contribution in [-0.2, 0) is 28.7 Å². The fraction of sp³-hybridized carbons (Fsp3) is 0.891. The second-order valence-corrected chi connectivity index (χ2v) is 17.5. The van der Waals surface area contributed by atoms with Crippen LogP contribution in [0.3, 0.4) is 0 Å². The first-order valence-electron chi connectivity index (χ1n) is 23.8. The molecule has 0 heterocycles. The molecule has 13 heteroatoms. The lowest BCUT2D eigenvalue weighted by Crippen LogP contribution is -2.49. The largest absolute Gasteiger partial charge is 0.481 e. The quantitative estimate of drug-likeness (QED) is 0.0289. The molecule has 0 spiro atoms. The second kappa shape index (κ2) is 42.2. The van der Waals surface area contributed by atoms with Gasteiger partial charge in [-0.05, 0) is 19.3 Å². The zero-order chi connectivity index (χ0) is 43.6. The standard InChI is InChI=1S/C46H87N3O9S/c1-3-5-7-9-11-13-15-17-18-19-21-23-25-27-29-31-35-48-46(56)57-36-39(37-59-38-40(47)44(53)49-41(45(54)55)33-34-42(50)51)58-43(52)32-30-28-26-24-22-20-16-14-12-10-8-6-4-2/h39-41H,3-38,47H2,1-2H3,(H,48,56)(H,49,53)(H,50,51)(H,54,55)/t39-,40+,41+/m1/s1. The number of carbonyl (C=O) groups excluding carboxylic acids is 3. The molecule has 0 aromatic heterocycles. The average molecular weight is 858 g/mol. The molecule has 0 fully saturated rings. The van der Waals surface area contributed by atoms with Crippen LogP contribution in [0.5, 0.6) is 0 Å². The second-order valence-electron chi connectivity index (χ2n) is 16.4. The van der Waals surface area contributed by atoms with E-state index in [1.807, 2.05) is 0 Å². The predicted molar refractivity (Wildman–Crippen MR) is 241 cm³/mol. The van der Waals surface area contributed by atoms with Crippen LogP contribution in [0.15, 0.2) is 0 Å². The summed E-state index contributed by atoms with van der Waals surface area (Å²) < 4.78 is 11.1. The number of ether oxygens (including phenoxy) is 2. The first-order chi connectivity index (χ1) is 28.6. The zero-order valence-corrected chi connectivity index (χ0v) is 38.2. The van der Waals surface area contributed by atoms with Crippen molar-refractivity contribution in [3.63, 3.8) is 0 Å². The SMILES string of the molecule is CCCCCCCCCCCCCCCCCCNC(=O)OC[C@H](CSC[C@H](N)C(=O)N[C@@H](CCC(=O)O)C(=O)O)OC(=O)CCCCCCCCCCCCCCC. The fourth-order valence-corrected chi connectivity index (χ4v) is 7.91. The smallest absolute Gasteiger partial charge is 0.407 e. The Morgan fingerprint density at radius 3 is 1.42 bits per heavy atom. The van der Waals surface area contributed by atoms with Gasteiger partial charge in [-0.3, -0.25) is 14.4 Å². The molecule has 2 amide bonds. The molecule has 59 heavy (non-hydrogen) atoms. The Kier molecular flexibility index (Phi) is 40.3. The summed E-state index contributed by atoms with van der Waals surface area (Å²) in [5.41, 5.74) is 6.00. The molecule has 0 aromatic carbocycles. The highest BCUT2D eigenvalue weighted by molar-refractivity contribution is 7.99. The van der Waals surface area contributed by atoms with Gasteiger partial charge in [0.05, 0.1) is 6.04 Å². The van der Waals surface area contributed by atoms with Crippen molar-refractivity contribution in [1.82, 2.24) is 10.6 Å². The third-order valence-corrected chi connectivity index (χ3v) is 11.9. The topological polar surface area (TPSA) is 194 Å². The van der Waals surface area contributed by atoms with Crippen molar-refractivity contribution >= 4 is 41.7 Å². The van der Waals surface area contributed by atoms with Gasteiger partial charge in [0.1, 0.15) is 18.8 Å². The maximum atomic E-state index is 12.8. The molecule has 0 aliphatic carbocycles. The molecule has 12 nitrogen and oxygen atoms in total. The summed E-state index contributed by atoms with van der Waals surface area (Å²) in [6, 6.07) is -2.46. The number of amides is 2. The summed E-state index contributed by atoms with van der Waals surface area (Å²) >= 11 is 1.22. The van der Waals surface area contributed by atoms with Crippen molar-refractivity contribution in [2.45, 2.75) is 238 Å². The van der Waals surface area contributed by atoms with Gasteiger partial charge >= 0.3 is 24.0 Å². The number of unbranched alkanes of at least 4 members (excludes halogenated alkanes) is 27. The van der Waals surface area contributed by atoms with E-state index < -0.39 is 48.5 Å². The van der Waals surface area contributed by atoms with E-state index in [0.717, 1.165) is 38.5 Å². The van der Waals surface area contributed by atoms with Crippen LogP contribution in [0.25, 0.3) is 0 Å². The first kappa shape index (κ1) is 56.5. The van der Waals surface area contributed by atoms with Gasteiger partial charge in [-0.1, -0.05) is 187 Å². The number of carbonyl (C=O) groups is 5. The van der Waals surface area contributed by atoms with E-state index in [1.54, 1.807) is 0 Å². The minimum absolute atomic E-state index is 0.0788. The van der Waals surface area contributed by atoms with Gasteiger partial charge in [0.2, 0.25) is 5.91 Å². The van der Waals surface area contributed by atoms with Gasteiger partial charge in [-0.15, -0.1) is 0 Å². The van der Waals surface area contributed by atoms with Crippen molar-refractivity contribution in [2.24, 2.45) is 5.73 Å². The van der Waals surface area contributed by atoms with E-state index in [4.69, 9.17) is 20.3 Å². The minimum Gasteiger partial charge on any atom is -0.481 e. The lowest BCUT2D eigenvalue weighted by atomic mass is 10.0. The Morgan fingerprint density at radius 1 is 0.576 bits per heavy atom. The number of hydrogen-bond donors (Lipinski definition) is 5. The predicted octanol–water partition coefficient (Wildman–Crippen LogP) is 10.9. The van der Waals surface area contributed by atoms with E-state index in [-0.39, 0.29) is 36.9 Å². The van der Waals surface area contributed by atoms with Crippen LogP contribution in [0.4, 0.5) is 4.79 Å². The van der Waals surface area contributed by atoms with E-state index in [2.05, 4.69) is 24.5 Å². The third-order valence-electron chi connectivity index (χ3n) is 10.7. The van der Waals surface area contributed by atoms with Crippen LogP contribution in [-0.4, -0.2) is 83.0 Å². The zero-order valence-electron chi connectivity index (χ0n) is 37.4. The highest BCUT2D eigenvalue weighted by Gasteiger charge is 2.25. The van der Waals surface area contributed by atoms with Crippen LogP contribution in [0.2, 0.25) is 0 Å². The molecule has 0 unspecified atom stereocenters. The number of hydrogen-bond acceptors (Lipinski definition) is 9. The summed E-state index contributed by atoms with van der Waals surface area (Å²) in [5.74, 6) is -3.33. The molecule has 0 saturated heterocycles. The summed E-state index contributed by atoms with van der Waals surface area (Å²) in [7, 11) is 0. The normalized spacial score (nSPS) is 12.7. The maximum Gasteiger partial charge on any atom is 0.407 e. The van der Waals surface area contributed by atoms with Crippen molar-refractivity contribution in [1.29, 1.82) is 0 Å². The number of nitrogens with two attached hydrogens (primary N) is 1. The molecule has 0 aliphatic rings. The van der Waals surface area contributed by atoms with E-state index in [0.29, 0.717) is 13.0 Å². The number of aliphatic carboxylic acids is 2. The lowest BCUT2D eigenvalue weighted by molar-refractivity contribution is -0.150. The van der Waals surface area contributed by atoms with Crippen LogP contribution >= 0.6 is 11.8 Å². The monoisotopic (exact) mass is 858 g/mol. The number of esters is 1. The van der Waals surface area contributed by atoms with Crippen molar-refractivity contribution < 1.29 is 43.7 Å². The van der Waals surface area contributed by atoms with Gasteiger partial charge in [0.15, 0.2) is 0 Å². The molecule has 0 bridgehead atoms. The number of alkyl carbamates (subject to hydrolysis) is 1. The van der Waals surface area contributed by atoms with E-state index >= 15 is 0 Å². The molecule has 3 atom stereocenters. The maximum absolute atomic E-state index is 12.8. The number of rotatable bonds is 44. The van der Waals surface area contributed by atoms with Crippen molar-refractivity contribution in [2.75, 3.05) is 24.7 Å². The van der Waals surface area contributed by atoms with Crippen molar-refractivity contribution in [3.05, 3.63) is 0 Å². The molecular formula is C46H87N3O9S. The Labute approximate surface area is 362 Å². The summed E-state index contributed by atoms with van der Waals surface area (Å²) in [4.78, 5) is 60.1. The molecule has 346 valence electrons. The van der Waals surface area contributed by atoms with Crippen LogP contribution in [0.1, 0.15) is 219 Å². The summed E-state index contributed by atoms with van der Waals surface area (Å²) in [6.45, 7) is 4.85. The van der Waals surface area contributed by atoms with Gasteiger partial charge in [-0.25, -0.2) is 9.59 Å². The third kappa shape index (κ3) is 39.4. The van der Waals surface area contributed by atoms with Crippen LogP contribution in [0, 0.1) is 0 Å². The van der Waals surface area contributed by atoms with Crippen molar-refractivity contribution in [3.8, 4) is 0 Å². The lowest BCUT2D eigenvalue weighted by Gasteiger charge is -2.20. The van der Waals surface area contributed by atoms with Crippen LogP contribution < -0.4 is 16.4 Å². The summed E-state index contributed by atoms with van der Waals surface area (Å²) in [5, 5.41) is 23.3. The Balaban J connectivity index is 4.50.